The maximum Gasteiger partial charge on any atom is 0.254 e. The van der Waals surface area contributed by atoms with Crippen LogP contribution in [0.3, 0.4) is 0 Å². The first-order valence-electron chi connectivity index (χ1n) is 9.68. The largest absolute Gasteiger partial charge is 0.369 e. The zero-order chi connectivity index (χ0) is 18.4. The van der Waals surface area contributed by atoms with Crippen LogP contribution in [0.15, 0.2) is 30.3 Å². The molecule has 2 fully saturated rings. The van der Waals surface area contributed by atoms with E-state index in [-0.39, 0.29) is 5.91 Å². The number of likely N-dealkylation sites (N-methyl/N-ethyl adjacent to an activating group) is 1. The molecule has 2 aliphatic heterocycles. The van der Waals surface area contributed by atoms with Crippen molar-refractivity contribution >= 4 is 11.6 Å². The summed E-state index contributed by atoms with van der Waals surface area (Å²) < 4.78 is 5.67. The van der Waals surface area contributed by atoms with E-state index in [2.05, 4.69) is 45.4 Å². The molecule has 0 unspecified atom stereocenters. The van der Waals surface area contributed by atoms with E-state index in [1.807, 2.05) is 11.9 Å². The van der Waals surface area contributed by atoms with E-state index in [0.717, 1.165) is 65.2 Å². The average Bonchev–Trinajstić information content (AvgIpc) is 2.73. The lowest BCUT2D eigenvalue weighted by Gasteiger charge is -2.39. The van der Waals surface area contributed by atoms with E-state index in [4.69, 9.17) is 4.74 Å². The van der Waals surface area contributed by atoms with Crippen molar-refractivity contribution in [1.29, 1.82) is 0 Å². The molecule has 0 aromatic heterocycles. The predicted molar refractivity (Wildman–Crippen MR) is 105 cm³/mol. The predicted octanol–water partition coefficient (Wildman–Crippen LogP) is 1.04. The summed E-state index contributed by atoms with van der Waals surface area (Å²) in [6, 6.07) is 10.6. The molecule has 1 amide bonds. The molecule has 26 heavy (non-hydrogen) atoms. The molecule has 6 nitrogen and oxygen atoms in total. The molecule has 0 radical (unpaired) electrons. The summed E-state index contributed by atoms with van der Waals surface area (Å²) in [5.74, 6) is 0.129. The Morgan fingerprint density at radius 3 is 2.42 bits per heavy atom. The number of piperazine rings is 1. The van der Waals surface area contributed by atoms with Crippen LogP contribution < -0.4 is 10.2 Å². The second-order valence-corrected chi connectivity index (χ2v) is 7.34. The van der Waals surface area contributed by atoms with Crippen LogP contribution in [-0.2, 0) is 9.53 Å². The van der Waals surface area contributed by atoms with Crippen molar-refractivity contribution in [3.05, 3.63) is 30.3 Å². The summed E-state index contributed by atoms with van der Waals surface area (Å²) in [4.78, 5) is 19.6. The maximum absolute atomic E-state index is 12.9. The Labute approximate surface area is 157 Å². The lowest BCUT2D eigenvalue weighted by molar-refractivity contribution is -0.157. The lowest BCUT2D eigenvalue weighted by Crippen LogP contribution is -2.56. The Morgan fingerprint density at radius 1 is 1.15 bits per heavy atom. The molecule has 3 rings (SSSR count). The van der Waals surface area contributed by atoms with Gasteiger partial charge in [0.05, 0.1) is 0 Å². The molecular weight excluding hydrogens is 328 g/mol. The summed E-state index contributed by atoms with van der Waals surface area (Å²) in [5, 5.41) is 3.31. The molecule has 144 valence electrons. The molecule has 1 N–H and O–H groups in total. The van der Waals surface area contributed by atoms with E-state index in [1.165, 1.54) is 5.69 Å². The molecule has 2 saturated heterocycles. The monoisotopic (exact) mass is 360 g/mol. The minimum atomic E-state index is -0.633. The normalized spacial score (nSPS) is 20.8. The van der Waals surface area contributed by atoms with Crippen LogP contribution in [0.5, 0.6) is 0 Å². The highest BCUT2D eigenvalue weighted by atomic mass is 16.5. The summed E-state index contributed by atoms with van der Waals surface area (Å²) in [6.07, 6.45) is 1.50. The third-order valence-corrected chi connectivity index (χ3v) is 5.78. The highest BCUT2D eigenvalue weighted by Crippen LogP contribution is 2.24. The number of nitrogens with one attached hydrogen (secondary N) is 1. The quantitative estimate of drug-likeness (QED) is 0.821. The van der Waals surface area contributed by atoms with Gasteiger partial charge in [-0.05, 0) is 38.1 Å². The first-order chi connectivity index (χ1) is 12.6. The van der Waals surface area contributed by atoms with Gasteiger partial charge in [-0.25, -0.2) is 0 Å². The molecule has 2 aliphatic rings. The van der Waals surface area contributed by atoms with Crippen LogP contribution in [0.2, 0.25) is 0 Å². The van der Waals surface area contributed by atoms with E-state index in [9.17, 15) is 4.79 Å². The summed E-state index contributed by atoms with van der Waals surface area (Å²) in [5.41, 5.74) is 0.666. The van der Waals surface area contributed by atoms with Gasteiger partial charge in [0, 0.05) is 59.1 Å². The van der Waals surface area contributed by atoms with Crippen molar-refractivity contribution in [3.8, 4) is 0 Å². The van der Waals surface area contributed by atoms with Crippen LogP contribution in [0.25, 0.3) is 0 Å². The van der Waals surface area contributed by atoms with Crippen molar-refractivity contribution in [3.63, 3.8) is 0 Å². The highest BCUT2D eigenvalue weighted by molar-refractivity contribution is 5.85. The van der Waals surface area contributed by atoms with Crippen molar-refractivity contribution in [1.82, 2.24) is 15.1 Å². The van der Waals surface area contributed by atoms with Crippen LogP contribution >= 0.6 is 0 Å². The highest BCUT2D eigenvalue weighted by Gasteiger charge is 2.41. The van der Waals surface area contributed by atoms with Crippen LogP contribution in [-0.4, -0.2) is 87.8 Å². The van der Waals surface area contributed by atoms with Crippen LogP contribution in [0.1, 0.15) is 12.8 Å². The van der Waals surface area contributed by atoms with Gasteiger partial charge in [-0.3, -0.25) is 9.69 Å². The minimum Gasteiger partial charge on any atom is -0.369 e. The fraction of sp³-hybridized carbons (Fsp3) is 0.650. The number of benzene rings is 1. The smallest absolute Gasteiger partial charge is 0.254 e. The van der Waals surface area contributed by atoms with Crippen molar-refractivity contribution in [2.75, 3.05) is 71.4 Å². The Morgan fingerprint density at radius 2 is 1.81 bits per heavy atom. The first kappa shape index (κ1) is 19.1. The average molecular weight is 361 g/mol. The molecule has 0 saturated carbocycles. The molecule has 6 heteroatoms. The number of ether oxygens (including phenoxy) is 1. The van der Waals surface area contributed by atoms with Crippen molar-refractivity contribution < 1.29 is 9.53 Å². The molecule has 1 aromatic carbocycles. The number of amides is 1. The zero-order valence-corrected chi connectivity index (χ0v) is 16.1. The van der Waals surface area contributed by atoms with Gasteiger partial charge in [0.15, 0.2) is 0 Å². The Hall–Kier alpha value is -1.63. The number of carbonyl (C=O) groups is 1. The van der Waals surface area contributed by atoms with Crippen LogP contribution in [0, 0.1) is 0 Å². The molecule has 0 aliphatic carbocycles. The number of anilines is 1. The number of piperidine rings is 1. The van der Waals surface area contributed by atoms with Gasteiger partial charge >= 0.3 is 0 Å². The SMILES string of the molecule is COC1(C(=O)N(C)CCN2CCN(c3ccccc3)CC2)CCNCC1. The molecule has 1 aromatic rings. The van der Waals surface area contributed by atoms with Gasteiger partial charge in [-0.15, -0.1) is 0 Å². The second kappa shape index (κ2) is 8.84. The number of para-hydroxylation sites is 1. The van der Waals surface area contributed by atoms with E-state index < -0.39 is 5.60 Å². The summed E-state index contributed by atoms with van der Waals surface area (Å²) in [6.45, 7) is 7.51. The molecule has 0 spiro atoms. The lowest BCUT2D eigenvalue weighted by atomic mass is 9.90. The van der Waals surface area contributed by atoms with Crippen molar-refractivity contribution in [2.24, 2.45) is 0 Å². The fourth-order valence-electron chi connectivity index (χ4n) is 3.95. The number of nitrogens with zero attached hydrogens (tertiary/aromatic N) is 3. The third-order valence-electron chi connectivity index (χ3n) is 5.78. The number of rotatable bonds is 6. The van der Waals surface area contributed by atoms with Gasteiger partial charge in [0.1, 0.15) is 5.60 Å². The topological polar surface area (TPSA) is 48.1 Å². The van der Waals surface area contributed by atoms with Gasteiger partial charge in [-0.2, -0.15) is 0 Å². The molecule has 2 heterocycles. The first-order valence-corrected chi connectivity index (χ1v) is 9.68. The molecular formula is C20H32N4O2. The maximum atomic E-state index is 12.9. The Bertz CT molecular complexity index is 566. The van der Waals surface area contributed by atoms with Gasteiger partial charge < -0.3 is 19.9 Å². The standard InChI is InChI=1S/C20H32N4O2/c1-22(19(25)20(26-2)8-10-21-11-9-20)12-13-23-14-16-24(17-15-23)18-6-4-3-5-7-18/h3-7,21H,8-17H2,1-2H3. The van der Waals surface area contributed by atoms with E-state index in [0.29, 0.717) is 0 Å². The number of hydrogen-bond acceptors (Lipinski definition) is 5. The number of hydrogen-bond donors (Lipinski definition) is 1. The molecule has 0 bridgehead atoms. The van der Waals surface area contributed by atoms with Crippen LogP contribution in [0.4, 0.5) is 5.69 Å². The van der Waals surface area contributed by atoms with E-state index >= 15 is 0 Å². The second-order valence-electron chi connectivity index (χ2n) is 7.34. The fourth-order valence-corrected chi connectivity index (χ4v) is 3.95. The van der Waals surface area contributed by atoms with Gasteiger partial charge in [0.25, 0.3) is 5.91 Å². The van der Waals surface area contributed by atoms with Crippen molar-refractivity contribution in [2.45, 2.75) is 18.4 Å². The summed E-state index contributed by atoms with van der Waals surface area (Å²) >= 11 is 0. The molecule has 0 atom stereocenters. The Kier molecular flexibility index (Phi) is 6.51. The number of carbonyl (C=O) groups excluding carboxylic acids is 1. The summed E-state index contributed by atoms with van der Waals surface area (Å²) in [7, 11) is 3.57. The third kappa shape index (κ3) is 4.37. The zero-order valence-electron chi connectivity index (χ0n) is 16.1. The minimum absolute atomic E-state index is 0.129. The van der Waals surface area contributed by atoms with Gasteiger partial charge in [0.2, 0.25) is 0 Å². The van der Waals surface area contributed by atoms with E-state index in [1.54, 1.807) is 7.11 Å². The van der Waals surface area contributed by atoms with Gasteiger partial charge in [-0.1, -0.05) is 18.2 Å². The number of methoxy groups -OCH3 is 1. The Balaban J connectivity index is 1.45.